The molecule has 0 amide bonds. The molecule has 1 aromatic carbocycles. The minimum Gasteiger partial charge on any atom is -0.299 e. The third-order valence-corrected chi connectivity index (χ3v) is 5.07. The second-order valence-electron chi connectivity index (χ2n) is 6.63. The van der Waals surface area contributed by atoms with Crippen LogP contribution in [0, 0.1) is 12.3 Å². The number of carbonyl (C=O) groups is 2. The van der Waals surface area contributed by atoms with E-state index in [1.54, 1.807) is 0 Å². The Morgan fingerprint density at radius 1 is 1.10 bits per heavy atom. The van der Waals surface area contributed by atoms with Crippen molar-refractivity contribution in [3.8, 4) is 0 Å². The van der Waals surface area contributed by atoms with Gasteiger partial charge in [-0.15, -0.1) is 0 Å². The fraction of sp³-hybridized carbons (Fsp3) is 0.474. The second kappa shape index (κ2) is 5.25. The molecular formula is C19H22O2. The summed E-state index contributed by atoms with van der Waals surface area (Å²) in [6, 6.07) is 6.60. The molecule has 1 saturated carbocycles. The molecular weight excluding hydrogens is 260 g/mol. The molecule has 21 heavy (non-hydrogen) atoms. The number of hydrogen-bond acceptors (Lipinski definition) is 2. The lowest BCUT2D eigenvalue weighted by Crippen LogP contribution is -2.28. The Morgan fingerprint density at radius 3 is 2.52 bits per heavy atom. The number of Topliss-reactive ketones (excluding diaryl/α,β-unsaturated/α-hetero) is 2. The quantitative estimate of drug-likeness (QED) is 0.767. The number of hydrogen-bond donors (Lipinski definition) is 0. The zero-order valence-corrected chi connectivity index (χ0v) is 12.9. The van der Waals surface area contributed by atoms with Gasteiger partial charge in [0, 0.05) is 12.8 Å². The summed E-state index contributed by atoms with van der Waals surface area (Å²) in [5.41, 5.74) is 4.55. The molecule has 0 aliphatic heterocycles. The zero-order valence-electron chi connectivity index (χ0n) is 12.9. The van der Waals surface area contributed by atoms with Gasteiger partial charge < -0.3 is 0 Å². The highest BCUT2D eigenvalue weighted by Gasteiger charge is 2.44. The van der Waals surface area contributed by atoms with Crippen LogP contribution < -0.4 is 0 Å². The van der Waals surface area contributed by atoms with Gasteiger partial charge in [-0.2, -0.15) is 0 Å². The Morgan fingerprint density at radius 2 is 1.81 bits per heavy atom. The summed E-state index contributed by atoms with van der Waals surface area (Å²) >= 11 is 0. The minimum absolute atomic E-state index is 0.115. The van der Waals surface area contributed by atoms with Gasteiger partial charge in [-0.3, -0.25) is 9.59 Å². The summed E-state index contributed by atoms with van der Waals surface area (Å²) in [6.45, 7) is 3.94. The average Bonchev–Trinajstić information content (AvgIpc) is 2.72. The first kappa shape index (κ1) is 14.2. The van der Waals surface area contributed by atoms with Crippen molar-refractivity contribution in [2.45, 2.75) is 52.4 Å². The average molecular weight is 282 g/mol. The van der Waals surface area contributed by atoms with Crippen molar-refractivity contribution in [2.75, 3.05) is 0 Å². The number of fused-ring (bicyclic) bond motifs is 1. The molecule has 0 spiro atoms. The third kappa shape index (κ3) is 2.48. The third-order valence-electron chi connectivity index (χ3n) is 5.07. The summed E-state index contributed by atoms with van der Waals surface area (Å²) in [5.74, 6) is 0.230. The molecule has 0 saturated heterocycles. The van der Waals surface area contributed by atoms with Crippen LogP contribution in [0.5, 0.6) is 0 Å². The Kier molecular flexibility index (Phi) is 3.56. The SMILES string of the molecule is Cc1ccc2c(c1)CCC/C2=C\CC1(C)C(=O)CCC1=O. The first-order valence-corrected chi connectivity index (χ1v) is 7.86. The highest BCUT2D eigenvalue weighted by atomic mass is 16.2. The normalized spacial score (nSPS) is 22.7. The van der Waals surface area contributed by atoms with Gasteiger partial charge in [-0.25, -0.2) is 0 Å². The van der Waals surface area contributed by atoms with Crippen molar-refractivity contribution in [3.05, 3.63) is 41.0 Å². The van der Waals surface area contributed by atoms with Crippen LogP contribution in [0.25, 0.3) is 5.57 Å². The Balaban J connectivity index is 1.89. The molecule has 1 fully saturated rings. The Labute approximate surface area is 126 Å². The molecule has 2 nitrogen and oxygen atoms in total. The summed E-state index contributed by atoms with van der Waals surface area (Å²) in [7, 11) is 0. The van der Waals surface area contributed by atoms with Crippen LogP contribution in [0.1, 0.15) is 55.7 Å². The van der Waals surface area contributed by atoms with Gasteiger partial charge in [0.05, 0.1) is 5.41 Å². The lowest BCUT2D eigenvalue weighted by molar-refractivity contribution is -0.133. The number of rotatable bonds is 2. The van der Waals surface area contributed by atoms with E-state index in [2.05, 4.69) is 31.2 Å². The van der Waals surface area contributed by atoms with Crippen molar-refractivity contribution in [3.63, 3.8) is 0 Å². The van der Waals surface area contributed by atoms with Crippen LogP contribution in [0.3, 0.4) is 0 Å². The number of carbonyl (C=O) groups excluding carboxylic acids is 2. The zero-order chi connectivity index (χ0) is 15.0. The molecule has 2 aliphatic carbocycles. The molecule has 0 bridgehead atoms. The molecule has 0 unspecified atom stereocenters. The smallest absolute Gasteiger partial charge is 0.146 e. The van der Waals surface area contributed by atoms with Crippen LogP contribution in [0.2, 0.25) is 0 Å². The van der Waals surface area contributed by atoms with E-state index >= 15 is 0 Å². The van der Waals surface area contributed by atoms with E-state index in [1.807, 2.05) is 6.92 Å². The minimum atomic E-state index is -0.769. The number of benzene rings is 1. The largest absolute Gasteiger partial charge is 0.299 e. The molecule has 0 atom stereocenters. The predicted molar refractivity (Wildman–Crippen MR) is 84.1 cm³/mol. The van der Waals surface area contributed by atoms with Gasteiger partial charge in [0.2, 0.25) is 0 Å². The second-order valence-corrected chi connectivity index (χ2v) is 6.63. The fourth-order valence-electron chi connectivity index (χ4n) is 3.55. The van der Waals surface area contributed by atoms with Gasteiger partial charge in [0.15, 0.2) is 0 Å². The van der Waals surface area contributed by atoms with Crippen LogP contribution in [-0.4, -0.2) is 11.6 Å². The van der Waals surface area contributed by atoms with Crippen LogP contribution in [0.15, 0.2) is 24.3 Å². The van der Waals surface area contributed by atoms with Crippen LogP contribution >= 0.6 is 0 Å². The van der Waals surface area contributed by atoms with Gasteiger partial charge in [-0.05, 0) is 56.2 Å². The Bertz CT molecular complexity index is 621. The highest BCUT2D eigenvalue weighted by molar-refractivity contribution is 6.12. The predicted octanol–water partition coefficient (Wildman–Crippen LogP) is 4.04. The van der Waals surface area contributed by atoms with E-state index in [1.165, 1.54) is 22.3 Å². The molecule has 0 N–H and O–H groups in total. The summed E-state index contributed by atoms with van der Waals surface area (Å²) in [6.07, 6.45) is 6.89. The monoisotopic (exact) mass is 282 g/mol. The maximum Gasteiger partial charge on any atom is 0.146 e. The van der Waals surface area contributed by atoms with E-state index in [-0.39, 0.29) is 11.6 Å². The molecule has 2 heteroatoms. The lowest BCUT2D eigenvalue weighted by Gasteiger charge is -2.22. The molecule has 1 aromatic rings. The Hall–Kier alpha value is -1.70. The maximum atomic E-state index is 12.0. The van der Waals surface area contributed by atoms with E-state index in [0.29, 0.717) is 19.3 Å². The van der Waals surface area contributed by atoms with Crippen molar-refractivity contribution >= 4 is 17.1 Å². The van der Waals surface area contributed by atoms with Crippen molar-refractivity contribution < 1.29 is 9.59 Å². The topological polar surface area (TPSA) is 34.1 Å². The van der Waals surface area contributed by atoms with Gasteiger partial charge in [0.25, 0.3) is 0 Å². The first-order chi connectivity index (χ1) is 10.0. The van der Waals surface area contributed by atoms with E-state index < -0.39 is 5.41 Å². The number of ketones is 2. The molecule has 0 radical (unpaired) electrons. The van der Waals surface area contributed by atoms with Crippen LogP contribution in [0.4, 0.5) is 0 Å². The summed E-state index contributed by atoms with van der Waals surface area (Å²) < 4.78 is 0. The van der Waals surface area contributed by atoms with E-state index in [0.717, 1.165) is 19.3 Å². The molecule has 0 aromatic heterocycles. The van der Waals surface area contributed by atoms with Crippen LogP contribution in [-0.2, 0) is 16.0 Å². The van der Waals surface area contributed by atoms with Crippen molar-refractivity contribution in [2.24, 2.45) is 5.41 Å². The lowest BCUT2D eigenvalue weighted by atomic mass is 9.80. The summed E-state index contributed by atoms with van der Waals surface area (Å²) in [5, 5.41) is 0. The van der Waals surface area contributed by atoms with E-state index in [4.69, 9.17) is 0 Å². The summed E-state index contributed by atoms with van der Waals surface area (Å²) in [4.78, 5) is 24.0. The van der Waals surface area contributed by atoms with Crippen molar-refractivity contribution in [1.82, 2.24) is 0 Å². The maximum absolute atomic E-state index is 12.0. The number of aryl methyl sites for hydroxylation is 2. The molecule has 110 valence electrons. The molecule has 3 rings (SSSR count). The van der Waals surface area contributed by atoms with Gasteiger partial charge >= 0.3 is 0 Å². The fourth-order valence-corrected chi connectivity index (χ4v) is 3.55. The number of allylic oxidation sites excluding steroid dienone is 2. The van der Waals surface area contributed by atoms with Gasteiger partial charge in [-0.1, -0.05) is 29.8 Å². The first-order valence-electron chi connectivity index (χ1n) is 7.86. The van der Waals surface area contributed by atoms with Gasteiger partial charge in [0.1, 0.15) is 11.6 Å². The van der Waals surface area contributed by atoms with Crippen molar-refractivity contribution in [1.29, 1.82) is 0 Å². The van der Waals surface area contributed by atoms with E-state index in [9.17, 15) is 9.59 Å². The molecule has 0 heterocycles. The molecule has 2 aliphatic rings. The standard InChI is InChI=1S/C19H22O2/c1-13-6-7-16-14(4-3-5-15(16)12-13)10-11-19(2)17(20)8-9-18(19)21/h6-7,10,12H,3-5,8-9,11H2,1-2H3/b14-10+. The highest BCUT2D eigenvalue weighted by Crippen LogP contribution is 2.38.